The Hall–Kier alpha value is -2.40. The molecule has 0 spiro atoms. The zero-order chi connectivity index (χ0) is 15.0. The molecule has 21 heavy (non-hydrogen) atoms. The number of hydrogen-bond donors (Lipinski definition) is 2. The van der Waals surface area contributed by atoms with Gasteiger partial charge in [-0.3, -0.25) is 4.98 Å². The lowest BCUT2D eigenvalue weighted by Gasteiger charge is -2.22. The number of oxazole rings is 1. The number of para-hydroxylation sites is 1. The maximum absolute atomic E-state index is 11.3. The topological polar surface area (TPSA) is 67.3 Å². The summed E-state index contributed by atoms with van der Waals surface area (Å²) in [7, 11) is 0. The van der Waals surface area contributed by atoms with Gasteiger partial charge in [0.2, 0.25) is 0 Å². The lowest BCUT2D eigenvalue weighted by atomic mass is 10.1. The Balaban J connectivity index is 1.93. The summed E-state index contributed by atoms with van der Waals surface area (Å²) in [6.07, 6.45) is 3.14. The van der Waals surface area contributed by atoms with E-state index in [1.165, 1.54) is 0 Å². The molecular formula is C15H13ClN2O3. The van der Waals surface area contributed by atoms with E-state index in [0.29, 0.717) is 21.9 Å². The summed E-state index contributed by atoms with van der Waals surface area (Å²) in [5.41, 5.74) is 2.54. The first kappa shape index (κ1) is 13.6. The molecular weight excluding hydrogens is 292 g/mol. The van der Waals surface area contributed by atoms with Crippen molar-refractivity contribution in [3.63, 3.8) is 0 Å². The number of aromatic amines is 1. The molecule has 2 heterocycles. The number of rotatable bonds is 3. The van der Waals surface area contributed by atoms with Crippen LogP contribution < -0.4 is 15.8 Å². The molecule has 0 saturated carbocycles. The van der Waals surface area contributed by atoms with Crippen molar-refractivity contribution in [2.45, 2.75) is 13.0 Å². The van der Waals surface area contributed by atoms with Crippen LogP contribution >= 0.6 is 11.6 Å². The van der Waals surface area contributed by atoms with Crippen molar-refractivity contribution in [1.29, 1.82) is 0 Å². The Kier molecular flexibility index (Phi) is 3.35. The fraction of sp³-hybridized carbons (Fsp3) is 0.133. The third-order valence-corrected chi connectivity index (χ3v) is 3.40. The van der Waals surface area contributed by atoms with Crippen LogP contribution in [0, 0.1) is 0 Å². The number of benzene rings is 1. The van der Waals surface area contributed by atoms with Crippen LogP contribution in [0.4, 0.5) is 0 Å². The van der Waals surface area contributed by atoms with Gasteiger partial charge in [-0.1, -0.05) is 24.2 Å². The summed E-state index contributed by atoms with van der Waals surface area (Å²) in [5, 5.41) is 3.54. The second kappa shape index (κ2) is 5.18. The number of ether oxygens (including phenoxy) is 1. The third-order valence-electron chi connectivity index (χ3n) is 3.18. The SMILES string of the molecule is C=C1NC=C(Cl)C=C1[C@@H](C)Oc1cccc2[nH]c(=O)oc12. The largest absolute Gasteiger partial charge is 0.482 e. The zero-order valence-electron chi connectivity index (χ0n) is 11.3. The van der Waals surface area contributed by atoms with Crippen molar-refractivity contribution in [3.05, 3.63) is 63.9 Å². The number of dihydropyridines is 1. The Morgan fingerprint density at radius 1 is 1.43 bits per heavy atom. The molecule has 108 valence electrons. The van der Waals surface area contributed by atoms with Crippen molar-refractivity contribution >= 4 is 22.7 Å². The van der Waals surface area contributed by atoms with Crippen LogP contribution in [0.3, 0.4) is 0 Å². The fourth-order valence-electron chi connectivity index (χ4n) is 2.17. The molecule has 5 nitrogen and oxygen atoms in total. The zero-order valence-corrected chi connectivity index (χ0v) is 12.0. The molecule has 1 atom stereocenters. The van der Waals surface area contributed by atoms with Crippen molar-refractivity contribution in [3.8, 4) is 5.75 Å². The maximum Gasteiger partial charge on any atom is 0.417 e. The van der Waals surface area contributed by atoms with Gasteiger partial charge in [-0.05, 0) is 25.1 Å². The van der Waals surface area contributed by atoms with Crippen LogP contribution in [-0.2, 0) is 0 Å². The van der Waals surface area contributed by atoms with Crippen LogP contribution in [0.25, 0.3) is 11.1 Å². The molecule has 1 aliphatic heterocycles. The van der Waals surface area contributed by atoms with Gasteiger partial charge in [0.05, 0.1) is 10.5 Å². The lowest BCUT2D eigenvalue weighted by Crippen LogP contribution is -2.23. The summed E-state index contributed by atoms with van der Waals surface area (Å²) in [6, 6.07) is 5.27. The van der Waals surface area contributed by atoms with Gasteiger partial charge in [0.1, 0.15) is 6.10 Å². The molecule has 1 aliphatic rings. The standard InChI is InChI=1S/C15H13ClN2O3/c1-8-11(6-10(16)7-17-8)9(2)20-13-5-3-4-12-14(13)21-15(19)18-12/h3-7,9,17H,1H2,2H3,(H,18,19)/t9-/m1/s1. The van der Waals surface area contributed by atoms with Gasteiger partial charge in [-0.25, -0.2) is 4.79 Å². The summed E-state index contributed by atoms with van der Waals surface area (Å²) in [5.74, 6) is -0.0274. The minimum Gasteiger partial charge on any atom is -0.482 e. The monoisotopic (exact) mass is 304 g/mol. The summed E-state index contributed by atoms with van der Waals surface area (Å²) >= 11 is 5.98. The van der Waals surface area contributed by atoms with E-state index in [1.807, 2.05) is 6.92 Å². The van der Waals surface area contributed by atoms with Gasteiger partial charge < -0.3 is 14.5 Å². The van der Waals surface area contributed by atoms with Crippen LogP contribution in [0.15, 0.2) is 62.6 Å². The van der Waals surface area contributed by atoms with Crippen molar-refractivity contribution in [2.75, 3.05) is 0 Å². The molecule has 0 saturated heterocycles. The van der Waals surface area contributed by atoms with E-state index in [2.05, 4.69) is 16.9 Å². The smallest absolute Gasteiger partial charge is 0.417 e. The molecule has 1 aromatic carbocycles. The number of nitrogens with one attached hydrogen (secondary N) is 2. The molecule has 0 radical (unpaired) electrons. The quantitative estimate of drug-likeness (QED) is 0.914. The van der Waals surface area contributed by atoms with Crippen molar-refractivity contribution in [2.24, 2.45) is 0 Å². The van der Waals surface area contributed by atoms with Gasteiger partial charge in [0, 0.05) is 17.5 Å². The average molecular weight is 305 g/mol. The number of hydrogen-bond acceptors (Lipinski definition) is 4. The molecule has 2 aromatic rings. The minimum absolute atomic E-state index is 0.307. The second-order valence-corrected chi connectivity index (χ2v) is 5.10. The lowest BCUT2D eigenvalue weighted by molar-refractivity contribution is 0.258. The first-order valence-corrected chi connectivity index (χ1v) is 6.74. The molecule has 0 unspecified atom stereocenters. The molecule has 0 aliphatic carbocycles. The van der Waals surface area contributed by atoms with Crippen molar-refractivity contribution < 1.29 is 9.15 Å². The number of fused-ring (bicyclic) bond motifs is 1. The summed E-state index contributed by atoms with van der Waals surface area (Å²) in [6.45, 7) is 5.79. The highest BCUT2D eigenvalue weighted by Crippen LogP contribution is 2.28. The van der Waals surface area contributed by atoms with Crippen LogP contribution in [0.5, 0.6) is 5.75 Å². The van der Waals surface area contributed by atoms with Crippen LogP contribution in [-0.4, -0.2) is 11.1 Å². The third kappa shape index (κ3) is 2.60. The number of allylic oxidation sites excluding steroid dienone is 2. The van der Waals surface area contributed by atoms with Crippen LogP contribution in [0.1, 0.15) is 6.92 Å². The van der Waals surface area contributed by atoms with Gasteiger partial charge >= 0.3 is 5.76 Å². The van der Waals surface area contributed by atoms with E-state index in [-0.39, 0.29) is 6.10 Å². The van der Waals surface area contributed by atoms with Gasteiger partial charge in [0.15, 0.2) is 11.3 Å². The number of halogens is 1. The number of H-pyrrole nitrogens is 1. The molecule has 2 N–H and O–H groups in total. The Morgan fingerprint density at radius 3 is 3.05 bits per heavy atom. The highest BCUT2D eigenvalue weighted by Gasteiger charge is 2.18. The Labute approximate surface area is 125 Å². The minimum atomic E-state index is -0.511. The van der Waals surface area contributed by atoms with E-state index in [9.17, 15) is 4.79 Å². The molecule has 0 amide bonds. The Morgan fingerprint density at radius 2 is 2.24 bits per heavy atom. The van der Waals surface area contributed by atoms with Crippen LogP contribution in [0.2, 0.25) is 0 Å². The maximum atomic E-state index is 11.3. The van der Waals surface area contributed by atoms with E-state index >= 15 is 0 Å². The first-order valence-electron chi connectivity index (χ1n) is 6.36. The van der Waals surface area contributed by atoms with Gasteiger partial charge in [-0.15, -0.1) is 0 Å². The molecule has 6 heteroatoms. The van der Waals surface area contributed by atoms with Gasteiger partial charge in [-0.2, -0.15) is 0 Å². The first-order chi connectivity index (χ1) is 10.0. The fourth-order valence-corrected chi connectivity index (χ4v) is 2.35. The molecule has 0 bridgehead atoms. The average Bonchev–Trinajstić information content (AvgIpc) is 2.83. The highest BCUT2D eigenvalue weighted by atomic mass is 35.5. The van der Waals surface area contributed by atoms with Gasteiger partial charge in [0.25, 0.3) is 0 Å². The van der Waals surface area contributed by atoms with E-state index in [1.54, 1.807) is 30.5 Å². The highest BCUT2D eigenvalue weighted by molar-refractivity contribution is 6.31. The van der Waals surface area contributed by atoms with E-state index in [0.717, 1.165) is 11.3 Å². The Bertz CT molecular complexity index is 829. The predicted octanol–water partition coefficient (Wildman–Crippen LogP) is 3.01. The molecule has 0 fully saturated rings. The van der Waals surface area contributed by atoms with E-state index in [4.69, 9.17) is 20.8 Å². The molecule has 3 rings (SSSR count). The second-order valence-electron chi connectivity index (χ2n) is 4.66. The van der Waals surface area contributed by atoms with Crippen molar-refractivity contribution in [1.82, 2.24) is 10.3 Å². The normalized spacial score (nSPS) is 16.2. The molecule has 1 aromatic heterocycles. The number of aromatic nitrogens is 1. The summed E-state index contributed by atoms with van der Waals surface area (Å²) in [4.78, 5) is 13.9. The summed E-state index contributed by atoms with van der Waals surface area (Å²) < 4.78 is 11.0. The predicted molar refractivity (Wildman–Crippen MR) is 81.2 cm³/mol. The van der Waals surface area contributed by atoms with E-state index < -0.39 is 5.76 Å².